The molecule has 1 aromatic rings. The van der Waals surface area contributed by atoms with Crippen molar-refractivity contribution in [1.82, 2.24) is 5.32 Å². The third-order valence-corrected chi connectivity index (χ3v) is 3.22. The Kier molecular flexibility index (Phi) is 10.4. The lowest BCUT2D eigenvalue weighted by Gasteiger charge is -2.10. The van der Waals surface area contributed by atoms with Crippen LogP contribution < -0.4 is 11.1 Å². The fourth-order valence-corrected chi connectivity index (χ4v) is 2.21. The van der Waals surface area contributed by atoms with Gasteiger partial charge in [-0.2, -0.15) is 0 Å². The first kappa shape index (κ1) is 20.2. The van der Waals surface area contributed by atoms with Crippen LogP contribution in [0.15, 0.2) is 17.1 Å². The van der Waals surface area contributed by atoms with Crippen LogP contribution in [0, 0.1) is 20.8 Å². The molecule has 0 aliphatic rings. The van der Waals surface area contributed by atoms with E-state index in [4.69, 9.17) is 10.5 Å². The summed E-state index contributed by atoms with van der Waals surface area (Å²) >= 11 is 0. The van der Waals surface area contributed by atoms with E-state index >= 15 is 0 Å². The summed E-state index contributed by atoms with van der Waals surface area (Å²) in [5.41, 5.74) is 11.0. The molecule has 0 aromatic heterocycles. The summed E-state index contributed by atoms with van der Waals surface area (Å²) in [4.78, 5) is 4.41. The van der Waals surface area contributed by atoms with E-state index in [1.807, 2.05) is 6.92 Å². The van der Waals surface area contributed by atoms with Crippen molar-refractivity contribution in [3.05, 3.63) is 34.4 Å². The summed E-state index contributed by atoms with van der Waals surface area (Å²) in [6.07, 6.45) is 0.937. The van der Waals surface area contributed by atoms with Gasteiger partial charge in [0.2, 0.25) is 0 Å². The van der Waals surface area contributed by atoms with Gasteiger partial charge in [0.15, 0.2) is 5.96 Å². The molecule has 0 aliphatic heterocycles. The van der Waals surface area contributed by atoms with Crippen LogP contribution in [-0.4, -0.2) is 25.7 Å². The molecule has 0 bridgehead atoms. The molecule has 1 aromatic carbocycles. The summed E-state index contributed by atoms with van der Waals surface area (Å²) in [6.45, 7) is 11.3. The number of aliphatic imine (C=N–C) groups is 1. The van der Waals surface area contributed by atoms with Gasteiger partial charge in [0, 0.05) is 19.8 Å². The molecule has 0 aliphatic carbocycles. The highest BCUT2D eigenvalue weighted by Gasteiger charge is 2.03. The van der Waals surface area contributed by atoms with Gasteiger partial charge in [0.05, 0.1) is 6.54 Å². The number of nitrogens with one attached hydrogen (secondary N) is 1. The topological polar surface area (TPSA) is 59.6 Å². The zero-order valence-corrected chi connectivity index (χ0v) is 15.9. The molecule has 0 unspecified atom stereocenters. The zero-order valence-electron chi connectivity index (χ0n) is 13.5. The van der Waals surface area contributed by atoms with Crippen molar-refractivity contribution in [3.63, 3.8) is 0 Å². The standard InChI is InChI=1S/C16H27N3O.HI/c1-5-20-8-6-7-18-16(17)19-11-15-13(3)9-12(2)10-14(15)4;/h9-10H,5-8,11H2,1-4H3,(H3,17,18,19);1H. The van der Waals surface area contributed by atoms with Gasteiger partial charge in [0.1, 0.15) is 0 Å². The Labute approximate surface area is 145 Å². The second kappa shape index (κ2) is 10.8. The molecule has 0 spiro atoms. The molecule has 4 nitrogen and oxygen atoms in total. The van der Waals surface area contributed by atoms with Crippen LogP contribution >= 0.6 is 24.0 Å². The van der Waals surface area contributed by atoms with Gasteiger partial charge in [-0.15, -0.1) is 24.0 Å². The summed E-state index contributed by atoms with van der Waals surface area (Å²) in [6, 6.07) is 4.37. The first-order chi connectivity index (χ1) is 9.54. The largest absolute Gasteiger partial charge is 0.382 e. The van der Waals surface area contributed by atoms with Gasteiger partial charge in [-0.3, -0.25) is 0 Å². The number of nitrogens with zero attached hydrogens (tertiary/aromatic N) is 1. The van der Waals surface area contributed by atoms with Crippen molar-refractivity contribution < 1.29 is 4.74 Å². The molecule has 0 saturated heterocycles. The number of hydrogen-bond acceptors (Lipinski definition) is 2. The molecule has 0 saturated carbocycles. The molecule has 0 fully saturated rings. The molecule has 5 heteroatoms. The fraction of sp³-hybridized carbons (Fsp3) is 0.562. The summed E-state index contributed by atoms with van der Waals surface area (Å²) < 4.78 is 5.27. The predicted molar refractivity (Wildman–Crippen MR) is 101 cm³/mol. The van der Waals surface area contributed by atoms with Crippen molar-refractivity contribution in [2.24, 2.45) is 10.7 Å². The Hall–Kier alpha value is -0.820. The molecular formula is C16H28IN3O. The third kappa shape index (κ3) is 7.66. The maximum absolute atomic E-state index is 5.86. The van der Waals surface area contributed by atoms with E-state index in [2.05, 4.69) is 43.2 Å². The molecule has 120 valence electrons. The van der Waals surface area contributed by atoms with E-state index in [-0.39, 0.29) is 24.0 Å². The predicted octanol–water partition coefficient (Wildman–Crippen LogP) is 3.06. The normalized spacial score (nSPS) is 11.1. The fourth-order valence-electron chi connectivity index (χ4n) is 2.21. The van der Waals surface area contributed by atoms with Crippen LogP contribution in [0.25, 0.3) is 0 Å². The van der Waals surface area contributed by atoms with E-state index in [1.54, 1.807) is 0 Å². The van der Waals surface area contributed by atoms with Gasteiger partial charge in [0.25, 0.3) is 0 Å². The molecule has 1 rings (SSSR count). The maximum atomic E-state index is 5.86. The molecule has 0 amide bonds. The van der Waals surface area contributed by atoms with Gasteiger partial charge in [-0.25, -0.2) is 4.99 Å². The van der Waals surface area contributed by atoms with E-state index in [0.29, 0.717) is 12.5 Å². The van der Waals surface area contributed by atoms with Crippen LogP contribution in [0.2, 0.25) is 0 Å². The number of benzene rings is 1. The number of aryl methyl sites for hydroxylation is 3. The van der Waals surface area contributed by atoms with E-state index in [9.17, 15) is 0 Å². The number of halogens is 1. The van der Waals surface area contributed by atoms with Crippen molar-refractivity contribution in [2.45, 2.75) is 40.7 Å². The van der Waals surface area contributed by atoms with Crippen LogP contribution in [0.5, 0.6) is 0 Å². The van der Waals surface area contributed by atoms with E-state index in [1.165, 1.54) is 22.3 Å². The van der Waals surface area contributed by atoms with Crippen LogP contribution in [0.1, 0.15) is 35.6 Å². The van der Waals surface area contributed by atoms with E-state index < -0.39 is 0 Å². The number of guanidine groups is 1. The smallest absolute Gasteiger partial charge is 0.188 e. The molecular weight excluding hydrogens is 377 g/mol. The monoisotopic (exact) mass is 405 g/mol. The number of nitrogens with two attached hydrogens (primary N) is 1. The number of hydrogen-bond donors (Lipinski definition) is 2. The van der Waals surface area contributed by atoms with Crippen molar-refractivity contribution >= 4 is 29.9 Å². The molecule has 0 atom stereocenters. The van der Waals surface area contributed by atoms with Crippen LogP contribution in [0.4, 0.5) is 0 Å². The molecule has 0 heterocycles. The minimum atomic E-state index is 0. The maximum Gasteiger partial charge on any atom is 0.188 e. The highest BCUT2D eigenvalue weighted by molar-refractivity contribution is 14.0. The van der Waals surface area contributed by atoms with Gasteiger partial charge in [-0.05, 0) is 50.8 Å². The van der Waals surface area contributed by atoms with Crippen molar-refractivity contribution in [3.8, 4) is 0 Å². The lowest BCUT2D eigenvalue weighted by Crippen LogP contribution is -2.32. The van der Waals surface area contributed by atoms with Gasteiger partial charge < -0.3 is 15.8 Å². The first-order valence-corrected chi connectivity index (χ1v) is 7.22. The minimum Gasteiger partial charge on any atom is -0.382 e. The Morgan fingerprint density at radius 2 is 1.86 bits per heavy atom. The van der Waals surface area contributed by atoms with Crippen LogP contribution in [-0.2, 0) is 11.3 Å². The SMILES string of the molecule is CCOCCCNC(N)=NCc1c(C)cc(C)cc1C.I. The second-order valence-corrected chi connectivity index (χ2v) is 5.06. The lowest BCUT2D eigenvalue weighted by molar-refractivity contribution is 0.145. The Bertz CT molecular complexity index is 438. The average molecular weight is 405 g/mol. The van der Waals surface area contributed by atoms with Crippen molar-refractivity contribution in [1.29, 1.82) is 0 Å². The van der Waals surface area contributed by atoms with Crippen molar-refractivity contribution in [2.75, 3.05) is 19.8 Å². The highest BCUT2D eigenvalue weighted by atomic mass is 127. The average Bonchev–Trinajstić information content (AvgIpc) is 2.37. The quantitative estimate of drug-likeness (QED) is 0.317. The van der Waals surface area contributed by atoms with Gasteiger partial charge >= 0.3 is 0 Å². The highest BCUT2D eigenvalue weighted by Crippen LogP contribution is 2.17. The summed E-state index contributed by atoms with van der Waals surface area (Å²) in [7, 11) is 0. The number of ether oxygens (including phenoxy) is 1. The number of rotatable bonds is 7. The molecule has 0 radical (unpaired) electrons. The summed E-state index contributed by atoms with van der Waals surface area (Å²) in [5, 5.41) is 3.11. The Balaban J connectivity index is 0.00000400. The molecule has 3 N–H and O–H groups in total. The summed E-state index contributed by atoms with van der Waals surface area (Å²) in [5.74, 6) is 0.501. The Morgan fingerprint density at radius 1 is 1.24 bits per heavy atom. The lowest BCUT2D eigenvalue weighted by atomic mass is 10.00. The zero-order chi connectivity index (χ0) is 15.0. The molecule has 21 heavy (non-hydrogen) atoms. The Morgan fingerprint density at radius 3 is 2.43 bits per heavy atom. The van der Waals surface area contributed by atoms with Gasteiger partial charge in [-0.1, -0.05) is 17.7 Å². The second-order valence-electron chi connectivity index (χ2n) is 5.06. The van der Waals surface area contributed by atoms with Crippen LogP contribution in [0.3, 0.4) is 0 Å². The van der Waals surface area contributed by atoms with E-state index in [0.717, 1.165) is 26.2 Å². The minimum absolute atomic E-state index is 0. The first-order valence-electron chi connectivity index (χ1n) is 7.22. The third-order valence-electron chi connectivity index (χ3n) is 3.22.